The fraction of sp³-hybridized carbons (Fsp3) is 0.538. The lowest BCUT2D eigenvalue weighted by molar-refractivity contribution is 0.0303. The van der Waals surface area contributed by atoms with Gasteiger partial charge in [-0.3, -0.25) is 4.98 Å². The lowest BCUT2D eigenvalue weighted by Gasteiger charge is -2.22. The topological polar surface area (TPSA) is 79.7 Å². The van der Waals surface area contributed by atoms with Gasteiger partial charge in [0.15, 0.2) is 5.75 Å². The number of hydrogen-bond donors (Lipinski definition) is 2. The molecule has 0 radical (unpaired) electrons. The van der Waals surface area contributed by atoms with E-state index in [-0.39, 0.29) is 17.4 Å². The van der Waals surface area contributed by atoms with E-state index in [0.717, 1.165) is 25.7 Å². The molecule has 1 saturated carbocycles. The van der Waals surface area contributed by atoms with E-state index < -0.39 is 12.1 Å². The van der Waals surface area contributed by atoms with Gasteiger partial charge in [-0.05, 0) is 25.3 Å². The molecule has 1 aliphatic carbocycles. The van der Waals surface area contributed by atoms with Gasteiger partial charge in [-0.25, -0.2) is 4.79 Å². The zero-order valence-electron chi connectivity index (χ0n) is 10.1. The number of carboxylic acid groups (broad SMARTS) is 1. The van der Waals surface area contributed by atoms with Crippen LogP contribution in [-0.4, -0.2) is 33.4 Å². The monoisotopic (exact) mass is 251 g/mol. The molecule has 5 nitrogen and oxygen atoms in total. The van der Waals surface area contributed by atoms with E-state index in [0.29, 0.717) is 6.42 Å². The van der Waals surface area contributed by atoms with E-state index in [1.54, 1.807) is 0 Å². The fourth-order valence-electron chi connectivity index (χ4n) is 2.21. The molecule has 1 fully saturated rings. The Labute approximate surface area is 105 Å². The predicted octanol–water partition coefficient (Wildman–Crippen LogP) is 1.85. The predicted molar refractivity (Wildman–Crippen MR) is 64.7 cm³/mol. The quantitative estimate of drug-likeness (QED) is 0.801. The Kier molecular flexibility index (Phi) is 4.15. The van der Waals surface area contributed by atoms with Gasteiger partial charge in [0.25, 0.3) is 0 Å². The van der Waals surface area contributed by atoms with Gasteiger partial charge >= 0.3 is 5.97 Å². The maximum atomic E-state index is 11.0. The first-order valence-electron chi connectivity index (χ1n) is 6.20. The standard InChI is InChI=1S/C13H17NO4/c15-10-4-2-1-3-5-11(10)18-12-8-14-7-6-9(12)13(16)17/h6-8,10-11,15H,1-5H2,(H,16,17). The van der Waals surface area contributed by atoms with Crippen molar-refractivity contribution >= 4 is 5.97 Å². The van der Waals surface area contributed by atoms with E-state index in [9.17, 15) is 9.90 Å². The van der Waals surface area contributed by atoms with Crippen LogP contribution >= 0.6 is 0 Å². The molecule has 0 aliphatic heterocycles. The molecule has 2 rings (SSSR count). The van der Waals surface area contributed by atoms with Crippen molar-refractivity contribution in [3.05, 3.63) is 24.0 Å². The molecule has 1 heterocycles. The first-order valence-corrected chi connectivity index (χ1v) is 6.20. The van der Waals surface area contributed by atoms with Crippen LogP contribution in [0.2, 0.25) is 0 Å². The summed E-state index contributed by atoms with van der Waals surface area (Å²) in [4.78, 5) is 14.9. The van der Waals surface area contributed by atoms with Gasteiger partial charge in [-0.2, -0.15) is 0 Å². The van der Waals surface area contributed by atoms with Gasteiger partial charge in [-0.15, -0.1) is 0 Å². The number of aliphatic hydroxyl groups excluding tert-OH is 1. The van der Waals surface area contributed by atoms with Crippen LogP contribution in [0.25, 0.3) is 0 Å². The van der Waals surface area contributed by atoms with Crippen LogP contribution in [0.3, 0.4) is 0 Å². The first-order chi connectivity index (χ1) is 8.68. The van der Waals surface area contributed by atoms with Crippen molar-refractivity contribution in [2.75, 3.05) is 0 Å². The summed E-state index contributed by atoms with van der Waals surface area (Å²) >= 11 is 0. The summed E-state index contributed by atoms with van der Waals surface area (Å²) in [5, 5.41) is 19.0. The van der Waals surface area contributed by atoms with Crippen molar-refractivity contribution in [1.29, 1.82) is 0 Å². The SMILES string of the molecule is O=C(O)c1ccncc1OC1CCCCCC1O. The molecule has 98 valence electrons. The second-order valence-corrected chi connectivity index (χ2v) is 4.54. The van der Waals surface area contributed by atoms with Gasteiger partial charge < -0.3 is 14.9 Å². The van der Waals surface area contributed by atoms with Crippen molar-refractivity contribution in [3.8, 4) is 5.75 Å². The van der Waals surface area contributed by atoms with Crippen LogP contribution in [-0.2, 0) is 0 Å². The zero-order valence-corrected chi connectivity index (χ0v) is 10.1. The fourth-order valence-corrected chi connectivity index (χ4v) is 2.21. The summed E-state index contributed by atoms with van der Waals surface area (Å²) < 4.78 is 5.65. The number of carbonyl (C=O) groups is 1. The van der Waals surface area contributed by atoms with Crippen molar-refractivity contribution in [2.24, 2.45) is 0 Å². The number of nitrogens with zero attached hydrogens (tertiary/aromatic N) is 1. The smallest absolute Gasteiger partial charge is 0.339 e. The van der Waals surface area contributed by atoms with Gasteiger partial charge in [0, 0.05) is 6.20 Å². The normalized spacial score (nSPS) is 24.3. The summed E-state index contributed by atoms with van der Waals surface area (Å²) in [7, 11) is 0. The van der Waals surface area contributed by atoms with E-state index in [1.807, 2.05) is 0 Å². The van der Waals surface area contributed by atoms with Crippen molar-refractivity contribution in [1.82, 2.24) is 4.98 Å². The minimum Gasteiger partial charge on any atom is -0.485 e. The van der Waals surface area contributed by atoms with Crippen LogP contribution in [0.5, 0.6) is 5.75 Å². The van der Waals surface area contributed by atoms with Crippen molar-refractivity contribution in [2.45, 2.75) is 44.3 Å². The lowest BCUT2D eigenvalue weighted by atomic mass is 10.1. The highest BCUT2D eigenvalue weighted by Gasteiger charge is 2.25. The molecule has 18 heavy (non-hydrogen) atoms. The number of carboxylic acids is 1. The molecule has 2 unspecified atom stereocenters. The molecule has 1 aromatic heterocycles. The van der Waals surface area contributed by atoms with Gasteiger partial charge in [0.1, 0.15) is 11.7 Å². The highest BCUT2D eigenvalue weighted by Crippen LogP contribution is 2.25. The summed E-state index contributed by atoms with van der Waals surface area (Å²) in [5.41, 5.74) is 0.0847. The van der Waals surface area contributed by atoms with Crippen LogP contribution in [0.4, 0.5) is 0 Å². The maximum absolute atomic E-state index is 11.0. The molecule has 0 spiro atoms. The highest BCUT2D eigenvalue weighted by molar-refractivity contribution is 5.90. The van der Waals surface area contributed by atoms with E-state index >= 15 is 0 Å². The molecule has 1 aromatic rings. The molecule has 0 bridgehead atoms. The number of pyridine rings is 1. The number of rotatable bonds is 3. The molecule has 0 amide bonds. The molecule has 0 saturated heterocycles. The van der Waals surface area contributed by atoms with Gasteiger partial charge in [-0.1, -0.05) is 12.8 Å². The average Bonchev–Trinajstić information content (AvgIpc) is 2.55. The third-order valence-electron chi connectivity index (χ3n) is 3.21. The van der Waals surface area contributed by atoms with Gasteiger partial charge in [0.05, 0.1) is 12.3 Å². The second kappa shape index (κ2) is 5.82. The highest BCUT2D eigenvalue weighted by atomic mass is 16.5. The Hall–Kier alpha value is -1.62. The Morgan fingerprint density at radius 1 is 1.33 bits per heavy atom. The summed E-state index contributed by atoms with van der Waals surface area (Å²) in [6.07, 6.45) is 6.44. The van der Waals surface area contributed by atoms with Crippen molar-refractivity contribution < 1.29 is 19.7 Å². The second-order valence-electron chi connectivity index (χ2n) is 4.54. The third kappa shape index (κ3) is 2.98. The molecular weight excluding hydrogens is 234 g/mol. The molecule has 0 aromatic carbocycles. The number of aromatic nitrogens is 1. The third-order valence-corrected chi connectivity index (χ3v) is 3.21. The van der Waals surface area contributed by atoms with Crippen LogP contribution in [0, 0.1) is 0 Å². The Balaban J connectivity index is 2.14. The van der Waals surface area contributed by atoms with E-state index in [4.69, 9.17) is 9.84 Å². The molecule has 2 N–H and O–H groups in total. The minimum absolute atomic E-state index is 0.0847. The van der Waals surface area contributed by atoms with E-state index in [1.165, 1.54) is 18.5 Å². The molecule has 2 atom stereocenters. The molecule has 5 heteroatoms. The van der Waals surface area contributed by atoms with Crippen LogP contribution in [0.1, 0.15) is 42.5 Å². The lowest BCUT2D eigenvalue weighted by Crippen LogP contribution is -2.31. The summed E-state index contributed by atoms with van der Waals surface area (Å²) in [6, 6.07) is 1.40. The number of hydrogen-bond acceptors (Lipinski definition) is 4. The Morgan fingerprint density at radius 3 is 2.89 bits per heavy atom. The maximum Gasteiger partial charge on any atom is 0.339 e. The molecular formula is C13H17NO4. The van der Waals surface area contributed by atoms with Crippen LogP contribution < -0.4 is 4.74 Å². The van der Waals surface area contributed by atoms with Crippen LogP contribution in [0.15, 0.2) is 18.5 Å². The summed E-state index contributed by atoms with van der Waals surface area (Å²) in [5.74, 6) is -0.813. The zero-order chi connectivity index (χ0) is 13.0. The Bertz CT molecular complexity index is 421. The Morgan fingerprint density at radius 2 is 2.11 bits per heavy atom. The number of aromatic carboxylic acids is 1. The van der Waals surface area contributed by atoms with Crippen molar-refractivity contribution in [3.63, 3.8) is 0 Å². The average molecular weight is 251 g/mol. The minimum atomic E-state index is -1.05. The van der Waals surface area contributed by atoms with Gasteiger partial charge in [0.2, 0.25) is 0 Å². The first kappa shape index (κ1) is 12.8. The van der Waals surface area contributed by atoms with E-state index in [2.05, 4.69) is 4.98 Å². The number of ether oxygens (including phenoxy) is 1. The number of aliphatic hydroxyl groups is 1. The largest absolute Gasteiger partial charge is 0.485 e. The summed E-state index contributed by atoms with van der Waals surface area (Å²) in [6.45, 7) is 0. The molecule has 1 aliphatic rings.